The second kappa shape index (κ2) is 5.61. The van der Waals surface area contributed by atoms with Crippen molar-refractivity contribution in [2.45, 2.75) is 39.5 Å². The molecule has 0 unspecified atom stereocenters. The maximum absolute atomic E-state index is 12.1. The molecule has 0 heterocycles. The first kappa shape index (κ1) is 13.9. The van der Waals surface area contributed by atoms with Crippen molar-refractivity contribution < 1.29 is 4.79 Å². The zero-order valence-electron chi connectivity index (χ0n) is 11.8. The number of benzene rings is 1. The largest absolute Gasteiger partial charge is 0.351 e. The SMILES string of the molecule is Cc1cc(C(=O)NCC2(C)CCCC2)ccc1NN. The molecule has 2 rings (SSSR count). The van der Waals surface area contributed by atoms with Crippen molar-refractivity contribution in [3.8, 4) is 0 Å². The number of carbonyl (C=O) groups excluding carboxylic acids is 1. The summed E-state index contributed by atoms with van der Waals surface area (Å²) in [5.74, 6) is 5.38. The average molecular weight is 261 g/mol. The maximum Gasteiger partial charge on any atom is 0.251 e. The number of hydrogen-bond donors (Lipinski definition) is 3. The van der Waals surface area contributed by atoms with E-state index in [0.717, 1.165) is 17.8 Å². The van der Waals surface area contributed by atoms with Gasteiger partial charge in [0.1, 0.15) is 0 Å². The zero-order valence-corrected chi connectivity index (χ0v) is 11.8. The van der Waals surface area contributed by atoms with E-state index in [-0.39, 0.29) is 11.3 Å². The minimum atomic E-state index is -0.000188. The number of hydrazine groups is 1. The summed E-state index contributed by atoms with van der Waals surface area (Å²) >= 11 is 0. The van der Waals surface area contributed by atoms with Gasteiger partial charge in [0.15, 0.2) is 0 Å². The summed E-state index contributed by atoms with van der Waals surface area (Å²) in [5, 5.41) is 3.06. The van der Waals surface area contributed by atoms with Crippen LogP contribution in [0.2, 0.25) is 0 Å². The van der Waals surface area contributed by atoms with Crippen LogP contribution in [-0.2, 0) is 0 Å². The molecule has 4 heteroatoms. The number of rotatable bonds is 4. The van der Waals surface area contributed by atoms with Crippen molar-refractivity contribution in [1.29, 1.82) is 0 Å². The number of aryl methyl sites for hydroxylation is 1. The molecule has 0 spiro atoms. The van der Waals surface area contributed by atoms with Gasteiger partial charge in [0.25, 0.3) is 5.91 Å². The first-order valence-electron chi connectivity index (χ1n) is 6.90. The molecule has 1 saturated carbocycles. The first-order chi connectivity index (χ1) is 9.04. The molecular weight excluding hydrogens is 238 g/mol. The van der Waals surface area contributed by atoms with Gasteiger partial charge in [0.2, 0.25) is 0 Å². The summed E-state index contributed by atoms with van der Waals surface area (Å²) < 4.78 is 0. The van der Waals surface area contributed by atoms with Gasteiger partial charge < -0.3 is 10.7 Å². The molecular formula is C15H23N3O. The summed E-state index contributed by atoms with van der Waals surface area (Å²) in [5.41, 5.74) is 5.41. The van der Waals surface area contributed by atoms with Crippen LogP contribution in [0.4, 0.5) is 5.69 Å². The fourth-order valence-electron chi connectivity index (χ4n) is 2.77. The highest BCUT2D eigenvalue weighted by Gasteiger charge is 2.28. The van der Waals surface area contributed by atoms with E-state index in [9.17, 15) is 4.79 Å². The van der Waals surface area contributed by atoms with Gasteiger partial charge >= 0.3 is 0 Å². The molecule has 104 valence electrons. The molecule has 0 radical (unpaired) electrons. The summed E-state index contributed by atoms with van der Waals surface area (Å²) in [6.45, 7) is 4.96. The lowest BCUT2D eigenvalue weighted by Gasteiger charge is -2.23. The third-order valence-electron chi connectivity index (χ3n) is 4.13. The Hall–Kier alpha value is -1.55. The quantitative estimate of drug-likeness (QED) is 0.576. The van der Waals surface area contributed by atoms with Crippen LogP contribution in [0.15, 0.2) is 18.2 Å². The summed E-state index contributed by atoms with van der Waals surface area (Å²) in [6.07, 6.45) is 4.98. The van der Waals surface area contributed by atoms with E-state index in [0.29, 0.717) is 5.56 Å². The van der Waals surface area contributed by atoms with Gasteiger partial charge in [-0.25, -0.2) is 0 Å². The number of carbonyl (C=O) groups is 1. The Morgan fingerprint density at radius 3 is 2.63 bits per heavy atom. The molecule has 1 aliphatic rings. The van der Waals surface area contributed by atoms with Crippen LogP contribution in [-0.4, -0.2) is 12.5 Å². The predicted octanol–water partition coefficient (Wildman–Crippen LogP) is 2.59. The molecule has 0 bridgehead atoms. The van der Waals surface area contributed by atoms with E-state index in [1.807, 2.05) is 19.1 Å². The number of anilines is 1. The molecule has 19 heavy (non-hydrogen) atoms. The van der Waals surface area contributed by atoms with Crippen molar-refractivity contribution in [3.63, 3.8) is 0 Å². The van der Waals surface area contributed by atoms with Gasteiger partial charge in [-0.05, 0) is 48.9 Å². The van der Waals surface area contributed by atoms with Crippen LogP contribution < -0.4 is 16.6 Å². The predicted molar refractivity (Wildman–Crippen MR) is 77.9 cm³/mol. The van der Waals surface area contributed by atoms with Gasteiger partial charge in [-0.1, -0.05) is 19.8 Å². The van der Waals surface area contributed by atoms with Crippen molar-refractivity contribution in [1.82, 2.24) is 5.32 Å². The fraction of sp³-hybridized carbons (Fsp3) is 0.533. The van der Waals surface area contributed by atoms with E-state index in [1.54, 1.807) is 6.07 Å². The Morgan fingerprint density at radius 1 is 1.37 bits per heavy atom. The van der Waals surface area contributed by atoms with Crippen molar-refractivity contribution in [2.75, 3.05) is 12.0 Å². The van der Waals surface area contributed by atoms with Crippen molar-refractivity contribution >= 4 is 11.6 Å². The highest BCUT2D eigenvalue weighted by molar-refractivity contribution is 5.94. The second-order valence-electron chi connectivity index (χ2n) is 5.87. The number of nitrogen functional groups attached to an aromatic ring is 1. The number of hydrogen-bond acceptors (Lipinski definition) is 3. The molecule has 1 amide bonds. The van der Waals surface area contributed by atoms with Crippen molar-refractivity contribution in [2.24, 2.45) is 11.3 Å². The highest BCUT2D eigenvalue weighted by Crippen LogP contribution is 2.36. The first-order valence-corrected chi connectivity index (χ1v) is 6.90. The molecule has 1 aliphatic carbocycles. The smallest absolute Gasteiger partial charge is 0.251 e. The minimum absolute atomic E-state index is 0.000188. The van der Waals surface area contributed by atoms with E-state index in [1.165, 1.54) is 25.7 Å². The Labute approximate surface area is 114 Å². The molecule has 0 aromatic heterocycles. The summed E-state index contributed by atoms with van der Waals surface area (Å²) in [4.78, 5) is 12.1. The number of nitrogens with one attached hydrogen (secondary N) is 2. The van der Waals surface area contributed by atoms with Gasteiger partial charge in [-0.2, -0.15) is 0 Å². The number of amides is 1. The molecule has 1 aromatic rings. The molecule has 0 atom stereocenters. The maximum atomic E-state index is 12.1. The minimum Gasteiger partial charge on any atom is -0.351 e. The van der Waals surface area contributed by atoms with Crippen LogP contribution in [0.25, 0.3) is 0 Å². The standard InChI is InChI=1S/C15H23N3O/c1-11-9-12(5-6-13(11)18-16)14(19)17-10-15(2)7-3-4-8-15/h5-6,9,18H,3-4,7-8,10,16H2,1-2H3,(H,17,19). The molecule has 1 aromatic carbocycles. The topological polar surface area (TPSA) is 67.2 Å². The third-order valence-corrected chi connectivity index (χ3v) is 4.13. The summed E-state index contributed by atoms with van der Waals surface area (Å²) in [7, 11) is 0. The second-order valence-corrected chi connectivity index (χ2v) is 5.87. The molecule has 4 N–H and O–H groups in total. The molecule has 0 aliphatic heterocycles. The van der Waals surface area contributed by atoms with Crippen LogP contribution in [0.3, 0.4) is 0 Å². The zero-order chi connectivity index (χ0) is 13.9. The van der Waals surface area contributed by atoms with Crippen molar-refractivity contribution in [3.05, 3.63) is 29.3 Å². The van der Waals surface area contributed by atoms with Gasteiger partial charge in [-0.3, -0.25) is 10.6 Å². The lowest BCUT2D eigenvalue weighted by molar-refractivity contribution is 0.0934. The molecule has 1 fully saturated rings. The normalized spacial score (nSPS) is 17.2. The monoisotopic (exact) mass is 261 g/mol. The Kier molecular flexibility index (Phi) is 4.10. The Balaban J connectivity index is 1.98. The van der Waals surface area contributed by atoms with Gasteiger partial charge in [0.05, 0.1) is 5.69 Å². The third kappa shape index (κ3) is 3.26. The van der Waals surface area contributed by atoms with E-state index < -0.39 is 0 Å². The van der Waals surface area contributed by atoms with Gasteiger partial charge in [-0.15, -0.1) is 0 Å². The Morgan fingerprint density at radius 2 is 2.05 bits per heavy atom. The van der Waals surface area contributed by atoms with Crippen LogP contribution >= 0.6 is 0 Å². The Bertz CT molecular complexity index is 464. The molecule has 0 saturated heterocycles. The van der Waals surface area contributed by atoms with Crippen LogP contribution in [0.1, 0.15) is 48.5 Å². The highest BCUT2D eigenvalue weighted by atomic mass is 16.1. The van der Waals surface area contributed by atoms with E-state index in [2.05, 4.69) is 17.7 Å². The number of nitrogens with two attached hydrogens (primary N) is 1. The lowest BCUT2D eigenvalue weighted by Crippen LogP contribution is -2.34. The average Bonchev–Trinajstić information content (AvgIpc) is 2.83. The van der Waals surface area contributed by atoms with Crippen LogP contribution in [0, 0.1) is 12.3 Å². The summed E-state index contributed by atoms with van der Waals surface area (Å²) in [6, 6.07) is 5.50. The van der Waals surface area contributed by atoms with E-state index in [4.69, 9.17) is 5.84 Å². The van der Waals surface area contributed by atoms with E-state index >= 15 is 0 Å². The van der Waals surface area contributed by atoms with Crippen LogP contribution in [0.5, 0.6) is 0 Å². The lowest BCUT2D eigenvalue weighted by atomic mass is 9.89. The molecule has 4 nitrogen and oxygen atoms in total. The van der Waals surface area contributed by atoms with Gasteiger partial charge in [0, 0.05) is 12.1 Å². The fourth-order valence-corrected chi connectivity index (χ4v) is 2.77.